The SMILES string of the molecule is Cc1ccc(C(=O)N2CCN(C(C)C(=O)Nc3cccc4ccccc34)CC2)s1. The molecular weight excluding hydrogens is 382 g/mol. The molecular formula is C23H25N3O2S. The number of rotatable bonds is 4. The Hall–Kier alpha value is -2.70. The van der Waals surface area contributed by atoms with Crippen molar-refractivity contribution in [3.63, 3.8) is 0 Å². The molecule has 1 N–H and O–H groups in total. The summed E-state index contributed by atoms with van der Waals surface area (Å²) in [5.74, 6) is 0.0746. The number of hydrogen-bond donors (Lipinski definition) is 1. The Balaban J connectivity index is 1.37. The molecule has 1 aliphatic heterocycles. The normalized spacial score (nSPS) is 16.0. The average Bonchev–Trinajstić information content (AvgIpc) is 3.19. The van der Waals surface area contributed by atoms with E-state index in [9.17, 15) is 9.59 Å². The van der Waals surface area contributed by atoms with Crippen molar-refractivity contribution in [2.24, 2.45) is 0 Å². The van der Waals surface area contributed by atoms with E-state index in [0.29, 0.717) is 26.2 Å². The van der Waals surface area contributed by atoms with Gasteiger partial charge < -0.3 is 10.2 Å². The van der Waals surface area contributed by atoms with Gasteiger partial charge in [0.15, 0.2) is 0 Å². The fourth-order valence-corrected chi connectivity index (χ4v) is 4.59. The number of nitrogens with zero attached hydrogens (tertiary/aromatic N) is 2. The van der Waals surface area contributed by atoms with Gasteiger partial charge in [0.25, 0.3) is 5.91 Å². The van der Waals surface area contributed by atoms with Crippen molar-refractivity contribution in [3.8, 4) is 0 Å². The van der Waals surface area contributed by atoms with Gasteiger partial charge in [-0.25, -0.2) is 0 Å². The smallest absolute Gasteiger partial charge is 0.264 e. The standard InChI is InChI=1S/C23H25N3O2S/c1-16-10-11-21(29-16)23(28)26-14-12-25(13-15-26)17(2)22(27)24-20-9-5-7-18-6-3-4-8-19(18)20/h3-11,17H,12-15H2,1-2H3,(H,24,27). The third kappa shape index (κ3) is 4.18. The van der Waals surface area contributed by atoms with Crippen molar-refractivity contribution in [2.75, 3.05) is 31.5 Å². The van der Waals surface area contributed by atoms with Gasteiger partial charge in [0, 0.05) is 42.1 Å². The summed E-state index contributed by atoms with van der Waals surface area (Å²) in [5.41, 5.74) is 0.835. The third-order valence-corrected chi connectivity index (χ3v) is 6.52. The van der Waals surface area contributed by atoms with Crippen LogP contribution in [0.2, 0.25) is 0 Å². The summed E-state index contributed by atoms with van der Waals surface area (Å²) in [4.78, 5) is 31.5. The van der Waals surface area contributed by atoms with E-state index in [1.54, 1.807) is 0 Å². The van der Waals surface area contributed by atoms with Crippen LogP contribution in [-0.2, 0) is 4.79 Å². The van der Waals surface area contributed by atoms with Gasteiger partial charge in [-0.05, 0) is 37.4 Å². The molecule has 150 valence electrons. The molecule has 5 nitrogen and oxygen atoms in total. The summed E-state index contributed by atoms with van der Waals surface area (Å²) >= 11 is 1.53. The second-order valence-corrected chi connectivity index (χ2v) is 8.72. The molecule has 1 fully saturated rings. The van der Waals surface area contributed by atoms with Gasteiger partial charge in [0.2, 0.25) is 5.91 Å². The van der Waals surface area contributed by atoms with Gasteiger partial charge in [0.1, 0.15) is 0 Å². The molecule has 2 amide bonds. The first-order valence-corrected chi connectivity index (χ1v) is 10.7. The molecule has 0 radical (unpaired) electrons. The fourth-order valence-electron chi connectivity index (χ4n) is 3.76. The molecule has 3 aromatic rings. The Morgan fingerprint density at radius 3 is 2.41 bits per heavy atom. The average molecular weight is 408 g/mol. The van der Waals surface area contributed by atoms with Crippen LogP contribution < -0.4 is 5.32 Å². The summed E-state index contributed by atoms with van der Waals surface area (Å²) in [5, 5.41) is 5.23. The van der Waals surface area contributed by atoms with Gasteiger partial charge >= 0.3 is 0 Å². The number of anilines is 1. The monoisotopic (exact) mass is 407 g/mol. The first-order valence-electron chi connectivity index (χ1n) is 9.91. The first-order chi connectivity index (χ1) is 14.0. The molecule has 29 heavy (non-hydrogen) atoms. The van der Waals surface area contributed by atoms with Crippen molar-refractivity contribution in [2.45, 2.75) is 19.9 Å². The van der Waals surface area contributed by atoms with Crippen LogP contribution in [0.25, 0.3) is 10.8 Å². The van der Waals surface area contributed by atoms with E-state index in [-0.39, 0.29) is 17.9 Å². The number of benzene rings is 2. The molecule has 0 saturated carbocycles. The van der Waals surface area contributed by atoms with E-state index in [1.165, 1.54) is 11.3 Å². The Morgan fingerprint density at radius 2 is 1.69 bits per heavy atom. The number of carbonyl (C=O) groups excluding carboxylic acids is 2. The summed E-state index contributed by atoms with van der Waals surface area (Å²) in [6, 6.07) is 17.6. The molecule has 0 bridgehead atoms. The van der Waals surface area contributed by atoms with Gasteiger partial charge in [-0.2, -0.15) is 0 Å². The van der Waals surface area contributed by atoms with Gasteiger partial charge in [-0.3, -0.25) is 14.5 Å². The van der Waals surface area contributed by atoms with E-state index >= 15 is 0 Å². The van der Waals surface area contributed by atoms with Crippen LogP contribution >= 0.6 is 11.3 Å². The highest BCUT2D eigenvalue weighted by Gasteiger charge is 2.28. The molecule has 2 aromatic carbocycles. The number of fused-ring (bicyclic) bond motifs is 1. The number of carbonyl (C=O) groups is 2. The molecule has 0 spiro atoms. The number of piperazine rings is 1. The van der Waals surface area contributed by atoms with E-state index in [4.69, 9.17) is 0 Å². The van der Waals surface area contributed by atoms with E-state index in [1.807, 2.05) is 73.3 Å². The van der Waals surface area contributed by atoms with E-state index < -0.39 is 0 Å². The predicted molar refractivity (Wildman–Crippen MR) is 119 cm³/mol. The van der Waals surface area contributed by atoms with E-state index in [0.717, 1.165) is 26.2 Å². The number of hydrogen-bond acceptors (Lipinski definition) is 4. The highest BCUT2D eigenvalue weighted by Crippen LogP contribution is 2.24. The largest absolute Gasteiger partial charge is 0.335 e. The molecule has 2 heterocycles. The van der Waals surface area contributed by atoms with Crippen LogP contribution in [0.3, 0.4) is 0 Å². The van der Waals surface area contributed by atoms with Gasteiger partial charge in [-0.1, -0.05) is 36.4 Å². The van der Waals surface area contributed by atoms with Crippen molar-refractivity contribution in [1.29, 1.82) is 0 Å². The van der Waals surface area contributed by atoms with Crippen LogP contribution in [0.15, 0.2) is 54.6 Å². The van der Waals surface area contributed by atoms with E-state index in [2.05, 4.69) is 10.2 Å². The molecule has 1 aromatic heterocycles. The van der Waals surface area contributed by atoms with Crippen molar-refractivity contribution in [1.82, 2.24) is 9.80 Å². The topological polar surface area (TPSA) is 52.7 Å². The molecule has 1 aliphatic rings. The van der Waals surface area contributed by atoms with Gasteiger partial charge in [0.05, 0.1) is 10.9 Å². The molecule has 0 aliphatic carbocycles. The lowest BCUT2D eigenvalue weighted by atomic mass is 10.1. The zero-order valence-corrected chi connectivity index (χ0v) is 17.5. The fraction of sp³-hybridized carbons (Fsp3) is 0.304. The zero-order chi connectivity index (χ0) is 20.4. The lowest BCUT2D eigenvalue weighted by Gasteiger charge is -2.37. The summed E-state index contributed by atoms with van der Waals surface area (Å²) in [6.07, 6.45) is 0. The zero-order valence-electron chi connectivity index (χ0n) is 16.7. The number of aryl methyl sites for hydroxylation is 1. The highest BCUT2D eigenvalue weighted by molar-refractivity contribution is 7.13. The summed E-state index contributed by atoms with van der Waals surface area (Å²) in [6.45, 7) is 6.61. The number of thiophene rings is 1. The summed E-state index contributed by atoms with van der Waals surface area (Å²) in [7, 11) is 0. The third-order valence-electron chi connectivity index (χ3n) is 5.53. The number of amides is 2. The first kappa shape index (κ1) is 19.6. The van der Waals surface area contributed by atoms with Crippen LogP contribution in [0, 0.1) is 6.92 Å². The maximum absolute atomic E-state index is 12.9. The minimum Gasteiger partial charge on any atom is -0.335 e. The Bertz CT molecular complexity index is 1030. The molecule has 6 heteroatoms. The molecule has 1 atom stereocenters. The minimum atomic E-state index is -0.254. The van der Waals surface area contributed by atoms with Crippen molar-refractivity contribution in [3.05, 3.63) is 64.4 Å². The Labute approximate surface area is 174 Å². The van der Waals surface area contributed by atoms with Crippen molar-refractivity contribution >= 4 is 39.6 Å². The maximum Gasteiger partial charge on any atom is 0.264 e. The number of nitrogens with one attached hydrogen (secondary N) is 1. The highest BCUT2D eigenvalue weighted by atomic mass is 32.1. The minimum absolute atomic E-state index is 0.0185. The maximum atomic E-state index is 12.9. The molecule has 4 rings (SSSR count). The lowest BCUT2D eigenvalue weighted by molar-refractivity contribution is -0.121. The van der Waals surface area contributed by atoms with Crippen LogP contribution in [-0.4, -0.2) is 53.8 Å². The molecule has 1 unspecified atom stereocenters. The van der Waals surface area contributed by atoms with Crippen molar-refractivity contribution < 1.29 is 9.59 Å². The summed E-state index contributed by atoms with van der Waals surface area (Å²) < 4.78 is 0. The quantitative estimate of drug-likeness (QED) is 0.711. The lowest BCUT2D eigenvalue weighted by Crippen LogP contribution is -2.53. The second-order valence-electron chi connectivity index (χ2n) is 7.43. The molecule has 1 saturated heterocycles. The Kier molecular flexibility index (Phi) is 5.65. The predicted octanol–water partition coefficient (Wildman–Crippen LogP) is 3.99. The second kappa shape index (κ2) is 8.35. The van der Waals surface area contributed by atoms with Crippen LogP contribution in [0.4, 0.5) is 5.69 Å². The van der Waals surface area contributed by atoms with Gasteiger partial charge in [-0.15, -0.1) is 11.3 Å². The Morgan fingerprint density at radius 1 is 0.966 bits per heavy atom. The van der Waals surface area contributed by atoms with Crippen LogP contribution in [0.5, 0.6) is 0 Å². The van der Waals surface area contributed by atoms with Crippen LogP contribution in [0.1, 0.15) is 21.5 Å².